The van der Waals surface area contributed by atoms with Gasteiger partial charge in [0, 0.05) is 0 Å². The predicted octanol–water partition coefficient (Wildman–Crippen LogP) is 8.77. The summed E-state index contributed by atoms with van der Waals surface area (Å²) in [6, 6.07) is 10.9. The molecule has 216 valence electrons. The normalized spacial score (nSPS) is 38.7. The van der Waals surface area contributed by atoms with E-state index < -0.39 is 0 Å². The Balaban J connectivity index is 0.00000132. The Bertz CT molecular complexity index is 654. The van der Waals surface area contributed by atoms with Crippen LogP contribution in [0.3, 0.4) is 0 Å². The standard InChI is InChI=1S/C26H51N3.C7H7.CH3.Zr/c1-15-17(3)21(7)25(22(8)18(15)4)28-13-11-27-12-14-29-26-23(9)19(5)16(2)20(6)24(26)10;1-7-5-3-2-4-6-7;;/h15-27H,11-14H2,1-10H3;2-6H,1H2;1H3;/q-2;2*-1;+4. The van der Waals surface area contributed by atoms with E-state index in [0.29, 0.717) is 35.8 Å². The molecule has 2 saturated carbocycles. The van der Waals surface area contributed by atoms with E-state index in [2.05, 4.69) is 81.5 Å². The number of nitrogens with one attached hydrogen (secondary N) is 1. The number of rotatable bonds is 8. The first-order valence-electron chi connectivity index (χ1n) is 14.9. The van der Waals surface area contributed by atoms with Gasteiger partial charge in [0.05, 0.1) is 0 Å². The van der Waals surface area contributed by atoms with Crippen molar-refractivity contribution in [2.75, 3.05) is 26.2 Å². The van der Waals surface area contributed by atoms with Crippen LogP contribution in [0.5, 0.6) is 0 Å². The fourth-order valence-corrected chi connectivity index (χ4v) is 6.93. The van der Waals surface area contributed by atoms with Crippen molar-refractivity contribution in [3.05, 3.63) is 60.9 Å². The summed E-state index contributed by atoms with van der Waals surface area (Å²) in [4.78, 5) is 0. The van der Waals surface area contributed by atoms with Gasteiger partial charge in [0.2, 0.25) is 0 Å². The SMILES string of the molecule is CC1C(C)C(C)C([N-]CCNCC[N-]C2C(C)C(C)C(C)C(C)C2C)C(C)C1C.[CH2-]c1ccccc1.[CH3-].[Zr+4]. The van der Waals surface area contributed by atoms with Crippen LogP contribution in [0.2, 0.25) is 0 Å². The van der Waals surface area contributed by atoms with Gasteiger partial charge in [0.1, 0.15) is 0 Å². The van der Waals surface area contributed by atoms with E-state index in [-0.39, 0.29) is 33.6 Å². The second kappa shape index (κ2) is 18.3. The molecule has 3 nitrogen and oxygen atoms in total. The van der Waals surface area contributed by atoms with Gasteiger partial charge in [-0.15, -0.1) is 37.3 Å². The molecule has 1 N–H and O–H groups in total. The van der Waals surface area contributed by atoms with E-state index in [0.717, 1.165) is 67.2 Å². The van der Waals surface area contributed by atoms with Gasteiger partial charge in [0.15, 0.2) is 0 Å². The summed E-state index contributed by atoms with van der Waals surface area (Å²) in [6.07, 6.45) is 0. The third-order valence-electron chi connectivity index (χ3n) is 10.9. The molecule has 0 saturated heterocycles. The van der Waals surface area contributed by atoms with E-state index in [9.17, 15) is 0 Å². The van der Waals surface area contributed by atoms with Crippen molar-refractivity contribution in [3.8, 4) is 0 Å². The van der Waals surface area contributed by atoms with Crippen LogP contribution in [0.25, 0.3) is 10.6 Å². The summed E-state index contributed by atoms with van der Waals surface area (Å²) in [5, 5.41) is 13.9. The number of hydrogen-bond donors (Lipinski definition) is 1. The first-order valence-corrected chi connectivity index (χ1v) is 14.9. The van der Waals surface area contributed by atoms with E-state index >= 15 is 0 Å². The summed E-state index contributed by atoms with van der Waals surface area (Å²) in [5.41, 5.74) is 1.07. The quantitative estimate of drug-likeness (QED) is 0.234. The van der Waals surface area contributed by atoms with Gasteiger partial charge < -0.3 is 23.4 Å². The summed E-state index contributed by atoms with van der Waals surface area (Å²) in [6.45, 7) is 31.8. The van der Waals surface area contributed by atoms with Gasteiger partial charge in [-0.05, 0) is 48.6 Å². The Morgan fingerprint density at radius 1 is 0.553 bits per heavy atom. The molecular formula is C34H61N3Zr. The molecule has 2 fully saturated rings. The maximum Gasteiger partial charge on any atom is 4.00 e. The van der Waals surface area contributed by atoms with Gasteiger partial charge in [-0.1, -0.05) is 99.0 Å². The molecule has 1 aromatic carbocycles. The molecule has 8 unspecified atom stereocenters. The fraction of sp³-hybridized carbons (Fsp3) is 0.765. The third-order valence-corrected chi connectivity index (χ3v) is 10.9. The molecule has 3 rings (SSSR count). The van der Waals surface area contributed by atoms with Crippen LogP contribution in [0.1, 0.15) is 74.8 Å². The molecule has 38 heavy (non-hydrogen) atoms. The van der Waals surface area contributed by atoms with E-state index in [1.165, 1.54) is 0 Å². The van der Waals surface area contributed by atoms with Gasteiger partial charge in [-0.25, -0.2) is 0 Å². The van der Waals surface area contributed by atoms with E-state index in [4.69, 9.17) is 10.6 Å². The molecule has 2 aliphatic rings. The zero-order chi connectivity index (χ0) is 27.0. The predicted molar refractivity (Wildman–Crippen MR) is 166 cm³/mol. The first-order chi connectivity index (χ1) is 17.0. The second-order valence-corrected chi connectivity index (χ2v) is 12.6. The maximum atomic E-state index is 5.13. The molecule has 4 heteroatoms. The van der Waals surface area contributed by atoms with Crippen molar-refractivity contribution < 1.29 is 26.2 Å². The molecule has 0 amide bonds. The summed E-state index contributed by atoms with van der Waals surface area (Å²) in [5.74, 6) is 7.51. The van der Waals surface area contributed by atoms with Crippen LogP contribution in [0.4, 0.5) is 0 Å². The summed E-state index contributed by atoms with van der Waals surface area (Å²) in [7, 11) is 0. The average Bonchev–Trinajstić information content (AvgIpc) is 2.87. The van der Waals surface area contributed by atoms with Gasteiger partial charge >= 0.3 is 26.2 Å². The zero-order valence-electron chi connectivity index (χ0n) is 26.7. The van der Waals surface area contributed by atoms with Gasteiger partial charge in [0.25, 0.3) is 0 Å². The molecule has 0 heterocycles. The van der Waals surface area contributed by atoms with Crippen LogP contribution in [-0.2, 0) is 26.2 Å². The number of benzene rings is 1. The smallest absolute Gasteiger partial charge is 0.658 e. The van der Waals surface area contributed by atoms with Crippen molar-refractivity contribution in [2.24, 2.45) is 59.2 Å². The Kier molecular flexibility index (Phi) is 18.2. The van der Waals surface area contributed by atoms with Crippen LogP contribution < -0.4 is 5.32 Å². The van der Waals surface area contributed by atoms with Crippen molar-refractivity contribution in [1.29, 1.82) is 0 Å². The average molecular weight is 603 g/mol. The molecule has 2 aliphatic carbocycles. The third kappa shape index (κ3) is 10.0. The summed E-state index contributed by atoms with van der Waals surface area (Å²) < 4.78 is 0. The number of nitrogens with zero attached hydrogens (tertiary/aromatic N) is 2. The Hall–Kier alpha value is -0.147. The maximum absolute atomic E-state index is 5.13. The Morgan fingerprint density at radius 2 is 0.842 bits per heavy atom. The Morgan fingerprint density at radius 3 is 1.11 bits per heavy atom. The molecule has 0 radical (unpaired) electrons. The monoisotopic (exact) mass is 601 g/mol. The largest absolute Gasteiger partial charge is 4.00 e. The number of hydrogen-bond acceptors (Lipinski definition) is 1. The van der Waals surface area contributed by atoms with Gasteiger partial charge in [-0.2, -0.15) is 24.6 Å². The van der Waals surface area contributed by atoms with Crippen LogP contribution >= 0.6 is 0 Å². The molecule has 0 bridgehead atoms. The first kappa shape index (κ1) is 37.9. The minimum Gasteiger partial charge on any atom is -0.658 e. The van der Waals surface area contributed by atoms with Crippen LogP contribution in [-0.4, -0.2) is 38.3 Å². The van der Waals surface area contributed by atoms with Crippen molar-refractivity contribution in [2.45, 2.75) is 81.3 Å². The van der Waals surface area contributed by atoms with Gasteiger partial charge in [-0.3, -0.25) is 0 Å². The minimum atomic E-state index is 0. The van der Waals surface area contributed by atoms with E-state index in [1.807, 2.05) is 30.3 Å². The fourth-order valence-electron chi connectivity index (χ4n) is 6.93. The second-order valence-electron chi connectivity index (χ2n) is 12.6. The molecule has 0 aromatic heterocycles. The van der Waals surface area contributed by atoms with Crippen molar-refractivity contribution >= 4 is 0 Å². The topological polar surface area (TPSA) is 40.2 Å². The minimum absolute atomic E-state index is 0. The zero-order valence-corrected chi connectivity index (χ0v) is 29.2. The van der Waals surface area contributed by atoms with Crippen LogP contribution in [0.15, 0.2) is 30.3 Å². The van der Waals surface area contributed by atoms with Crippen molar-refractivity contribution in [1.82, 2.24) is 5.32 Å². The molecule has 0 aliphatic heterocycles. The van der Waals surface area contributed by atoms with Crippen molar-refractivity contribution in [3.63, 3.8) is 0 Å². The molecule has 0 spiro atoms. The Labute approximate surface area is 258 Å². The van der Waals surface area contributed by atoms with E-state index in [1.54, 1.807) is 0 Å². The molecule has 8 atom stereocenters. The van der Waals surface area contributed by atoms with Crippen LogP contribution in [0, 0.1) is 73.5 Å². The molecular weight excluding hydrogens is 542 g/mol. The summed E-state index contributed by atoms with van der Waals surface area (Å²) >= 11 is 0. The molecule has 1 aromatic rings.